The number of hydrogen-bond donors (Lipinski definition) is 1. The molecule has 1 heterocycles. The molecule has 3 aromatic carbocycles. The number of rotatable bonds is 8. The van der Waals surface area contributed by atoms with Gasteiger partial charge in [0, 0.05) is 16.8 Å². The van der Waals surface area contributed by atoms with Crippen LogP contribution in [0.15, 0.2) is 84.9 Å². The number of ketones is 1. The lowest BCUT2D eigenvalue weighted by atomic mass is 9.85. The molecule has 8 heteroatoms. The van der Waals surface area contributed by atoms with Crippen molar-refractivity contribution in [3.8, 4) is 5.75 Å². The van der Waals surface area contributed by atoms with E-state index >= 15 is 0 Å². The number of imide groups is 1. The third kappa shape index (κ3) is 5.29. The fourth-order valence-corrected chi connectivity index (χ4v) is 4.35. The van der Waals surface area contributed by atoms with Crippen molar-refractivity contribution in [1.29, 1.82) is 0 Å². The minimum atomic E-state index is -1.66. The van der Waals surface area contributed by atoms with Gasteiger partial charge in [0.25, 0.3) is 11.8 Å². The van der Waals surface area contributed by atoms with Gasteiger partial charge in [-0.25, -0.2) is 9.69 Å². The van der Waals surface area contributed by atoms with Crippen molar-refractivity contribution in [1.82, 2.24) is 4.90 Å². The van der Waals surface area contributed by atoms with Crippen molar-refractivity contribution in [3.05, 3.63) is 90.5 Å². The van der Waals surface area contributed by atoms with E-state index in [2.05, 4.69) is 5.32 Å². The first-order valence-corrected chi connectivity index (χ1v) is 12.5. The molecule has 0 saturated carbocycles. The molecule has 2 unspecified atom stereocenters. The number of benzene rings is 3. The zero-order valence-corrected chi connectivity index (χ0v) is 21.9. The molecule has 1 aliphatic heterocycles. The maximum atomic E-state index is 14.0. The van der Waals surface area contributed by atoms with E-state index in [1.165, 1.54) is 4.90 Å². The number of hydrogen-bond acceptors (Lipinski definition) is 5. The van der Waals surface area contributed by atoms with Crippen LogP contribution in [0.5, 0.6) is 5.75 Å². The zero-order chi connectivity index (χ0) is 27.4. The summed E-state index contributed by atoms with van der Waals surface area (Å²) in [4.78, 5) is 57.3. The van der Waals surface area contributed by atoms with Gasteiger partial charge in [0.1, 0.15) is 11.8 Å². The van der Waals surface area contributed by atoms with Gasteiger partial charge < -0.3 is 10.1 Å². The minimum Gasteiger partial charge on any atom is -0.494 e. The molecular formula is C30H31N3O5. The maximum Gasteiger partial charge on any atom is 0.333 e. The summed E-state index contributed by atoms with van der Waals surface area (Å²) in [6.45, 7) is 7.31. The number of amides is 4. The second-order valence-corrected chi connectivity index (χ2v) is 9.97. The zero-order valence-electron chi connectivity index (χ0n) is 21.9. The Kier molecular flexibility index (Phi) is 7.62. The first kappa shape index (κ1) is 26.6. The first-order valence-electron chi connectivity index (χ1n) is 12.5. The molecule has 3 aromatic rings. The van der Waals surface area contributed by atoms with Crippen LogP contribution in [-0.2, 0) is 14.4 Å². The summed E-state index contributed by atoms with van der Waals surface area (Å²) in [5.41, 5.74) is 0.446. The molecule has 1 N–H and O–H groups in total. The lowest BCUT2D eigenvalue weighted by Gasteiger charge is -2.29. The van der Waals surface area contributed by atoms with E-state index < -0.39 is 41.1 Å². The highest BCUT2D eigenvalue weighted by Crippen LogP contribution is 2.38. The number of Topliss-reactive ketones (excluding diaryl/α,β-unsaturated/α-hetero) is 1. The lowest BCUT2D eigenvalue weighted by Crippen LogP contribution is -2.55. The predicted molar refractivity (Wildman–Crippen MR) is 145 cm³/mol. The average Bonchev–Trinajstić information content (AvgIpc) is 3.15. The third-order valence-corrected chi connectivity index (χ3v) is 6.22. The summed E-state index contributed by atoms with van der Waals surface area (Å²) < 4.78 is 5.52. The number of carbonyl (C=O) groups excluding carboxylic acids is 4. The highest BCUT2D eigenvalue weighted by molar-refractivity contribution is 6.23. The number of para-hydroxylation sites is 1. The van der Waals surface area contributed by atoms with Crippen molar-refractivity contribution in [2.45, 2.75) is 39.8 Å². The number of urea groups is 1. The highest BCUT2D eigenvalue weighted by atomic mass is 16.5. The van der Waals surface area contributed by atoms with Gasteiger partial charge in [-0.1, -0.05) is 69.3 Å². The Balaban J connectivity index is 1.80. The van der Waals surface area contributed by atoms with Crippen LogP contribution >= 0.6 is 0 Å². The molecule has 1 saturated heterocycles. The molecule has 196 valence electrons. The van der Waals surface area contributed by atoms with Crippen LogP contribution in [0.1, 0.15) is 39.3 Å². The van der Waals surface area contributed by atoms with Gasteiger partial charge in [-0.05, 0) is 48.9 Å². The van der Waals surface area contributed by atoms with Gasteiger partial charge in [-0.2, -0.15) is 0 Å². The molecule has 38 heavy (non-hydrogen) atoms. The van der Waals surface area contributed by atoms with Crippen LogP contribution in [0.4, 0.5) is 16.2 Å². The molecule has 4 amide bonds. The van der Waals surface area contributed by atoms with Crippen LogP contribution in [0.2, 0.25) is 0 Å². The summed E-state index contributed by atoms with van der Waals surface area (Å²) in [5.74, 6) is -1.34. The van der Waals surface area contributed by atoms with Gasteiger partial charge in [-0.3, -0.25) is 19.3 Å². The normalized spacial score (nSPS) is 16.4. The van der Waals surface area contributed by atoms with Crippen LogP contribution in [0, 0.1) is 5.41 Å². The molecule has 1 aliphatic rings. The molecule has 1 fully saturated rings. The summed E-state index contributed by atoms with van der Waals surface area (Å²) in [5, 5.41) is 2.70. The number of nitrogens with zero attached hydrogens (tertiary/aromatic N) is 2. The van der Waals surface area contributed by atoms with Crippen LogP contribution in [0.3, 0.4) is 0 Å². The Hall–Kier alpha value is -4.46. The van der Waals surface area contributed by atoms with Crippen molar-refractivity contribution < 1.29 is 23.9 Å². The van der Waals surface area contributed by atoms with Crippen molar-refractivity contribution >= 4 is 35.0 Å². The molecule has 0 bridgehead atoms. The van der Waals surface area contributed by atoms with Gasteiger partial charge in [0.05, 0.1) is 6.61 Å². The molecule has 0 aliphatic carbocycles. The Labute approximate surface area is 222 Å². The first-order chi connectivity index (χ1) is 18.1. The molecule has 0 spiro atoms. The number of carbonyl (C=O) groups is 4. The number of anilines is 2. The fraction of sp³-hybridized carbons (Fsp3) is 0.267. The summed E-state index contributed by atoms with van der Waals surface area (Å²) in [6.07, 6.45) is 0. The van der Waals surface area contributed by atoms with Gasteiger partial charge in [-0.15, -0.1) is 0 Å². The quantitative estimate of drug-likeness (QED) is 0.329. The van der Waals surface area contributed by atoms with Crippen molar-refractivity contribution in [2.24, 2.45) is 5.41 Å². The van der Waals surface area contributed by atoms with E-state index in [0.717, 1.165) is 4.90 Å². The van der Waals surface area contributed by atoms with Crippen LogP contribution < -0.4 is 15.0 Å². The van der Waals surface area contributed by atoms with Gasteiger partial charge >= 0.3 is 6.03 Å². The smallest absolute Gasteiger partial charge is 0.333 e. The number of ether oxygens (including phenoxy) is 1. The van der Waals surface area contributed by atoms with Gasteiger partial charge in [0.15, 0.2) is 11.8 Å². The van der Waals surface area contributed by atoms with Crippen LogP contribution in [-0.4, -0.2) is 41.2 Å². The Morgan fingerprint density at radius 1 is 0.895 bits per heavy atom. The summed E-state index contributed by atoms with van der Waals surface area (Å²) in [7, 11) is 0. The van der Waals surface area contributed by atoms with E-state index in [1.54, 1.807) is 99.6 Å². The molecule has 8 nitrogen and oxygen atoms in total. The lowest BCUT2D eigenvalue weighted by molar-refractivity contribution is -0.143. The van der Waals surface area contributed by atoms with Gasteiger partial charge in [0.2, 0.25) is 0 Å². The monoisotopic (exact) mass is 513 g/mol. The van der Waals surface area contributed by atoms with Crippen LogP contribution in [0.25, 0.3) is 0 Å². The molecule has 4 rings (SSSR count). The van der Waals surface area contributed by atoms with Crippen molar-refractivity contribution in [2.75, 3.05) is 16.8 Å². The second-order valence-electron chi connectivity index (χ2n) is 9.97. The standard InChI is InChI=1S/C30H31N3O5/c1-5-38-23-18-16-22(17-19-23)32-24(20-12-8-6-9-13-20)28(36)33(29(32)37)25(26(34)30(2,3)4)27(35)31-21-14-10-7-11-15-21/h6-19,24-25H,5H2,1-4H3,(H,31,35). The second kappa shape index (κ2) is 10.9. The van der Waals surface area contributed by atoms with E-state index in [1.807, 2.05) is 13.0 Å². The van der Waals surface area contributed by atoms with Crippen molar-refractivity contribution in [3.63, 3.8) is 0 Å². The fourth-order valence-electron chi connectivity index (χ4n) is 4.35. The molecule has 2 atom stereocenters. The average molecular weight is 514 g/mol. The topological polar surface area (TPSA) is 96.0 Å². The molecular weight excluding hydrogens is 482 g/mol. The third-order valence-electron chi connectivity index (χ3n) is 6.22. The number of nitrogens with one attached hydrogen (secondary N) is 1. The predicted octanol–water partition coefficient (Wildman–Crippen LogP) is 5.22. The van der Waals surface area contributed by atoms with E-state index in [0.29, 0.717) is 29.3 Å². The largest absolute Gasteiger partial charge is 0.494 e. The SMILES string of the molecule is CCOc1ccc(N2C(=O)N(C(C(=O)Nc3ccccc3)C(=O)C(C)(C)C)C(=O)C2c2ccccc2)cc1. The minimum absolute atomic E-state index is 0.439. The Morgan fingerprint density at radius 3 is 2.03 bits per heavy atom. The summed E-state index contributed by atoms with van der Waals surface area (Å²) >= 11 is 0. The summed E-state index contributed by atoms with van der Waals surface area (Å²) in [6, 6.07) is 20.8. The Morgan fingerprint density at radius 2 is 1.47 bits per heavy atom. The molecule has 0 radical (unpaired) electrons. The molecule has 0 aromatic heterocycles. The highest BCUT2D eigenvalue weighted by Gasteiger charge is 2.54. The van der Waals surface area contributed by atoms with E-state index in [-0.39, 0.29) is 0 Å². The maximum absolute atomic E-state index is 14.0. The van der Waals surface area contributed by atoms with E-state index in [4.69, 9.17) is 4.74 Å². The Bertz CT molecular complexity index is 1320. The van der Waals surface area contributed by atoms with E-state index in [9.17, 15) is 19.2 Å².